The quantitative estimate of drug-likeness (QED) is 0.600. The van der Waals surface area contributed by atoms with Crippen LogP contribution in [-0.2, 0) is 9.59 Å². The van der Waals surface area contributed by atoms with Gasteiger partial charge in [0.05, 0.1) is 0 Å². The fourth-order valence-corrected chi connectivity index (χ4v) is 1.40. The Morgan fingerprint density at radius 1 is 1.28 bits per heavy atom. The maximum Gasteiger partial charge on any atom is 0.326 e. The molecule has 0 aromatic heterocycles. The Hall–Kier alpha value is -1.36. The van der Waals surface area contributed by atoms with Gasteiger partial charge in [0.15, 0.2) is 0 Å². The average molecular weight is 257 g/mol. The number of rotatable bonds is 7. The maximum absolute atomic E-state index is 11.6. The van der Waals surface area contributed by atoms with Gasteiger partial charge < -0.3 is 15.5 Å². The first-order valence-corrected chi connectivity index (χ1v) is 6.08. The predicted molar refractivity (Wildman–Crippen MR) is 69.1 cm³/mol. The molecule has 0 fully saturated rings. The van der Waals surface area contributed by atoms with Crippen molar-refractivity contribution in [1.29, 1.82) is 0 Å². The number of carboxylic acids is 1. The molecule has 0 aromatic rings. The Bertz CT molecular complexity index is 319. The summed E-state index contributed by atoms with van der Waals surface area (Å²) in [6.07, 6.45) is 1.13. The van der Waals surface area contributed by atoms with Crippen molar-refractivity contribution in [3.8, 4) is 0 Å². The normalized spacial score (nSPS) is 13.9. The Morgan fingerprint density at radius 3 is 2.22 bits per heavy atom. The van der Waals surface area contributed by atoms with Crippen LogP contribution in [0, 0.1) is 5.92 Å². The molecule has 18 heavy (non-hydrogen) atoms. The molecule has 104 valence electrons. The highest BCUT2D eigenvalue weighted by Gasteiger charge is 2.23. The zero-order valence-corrected chi connectivity index (χ0v) is 11.4. The largest absolute Gasteiger partial charge is 0.480 e. The van der Waals surface area contributed by atoms with Crippen molar-refractivity contribution >= 4 is 11.9 Å². The van der Waals surface area contributed by atoms with Crippen molar-refractivity contribution < 1.29 is 19.8 Å². The highest BCUT2D eigenvalue weighted by atomic mass is 16.4. The summed E-state index contributed by atoms with van der Waals surface area (Å²) in [5.41, 5.74) is 0.984. The van der Waals surface area contributed by atoms with Gasteiger partial charge in [-0.15, -0.1) is 0 Å². The van der Waals surface area contributed by atoms with E-state index in [1.807, 2.05) is 27.7 Å². The molecule has 0 heterocycles. The van der Waals surface area contributed by atoms with Crippen LogP contribution >= 0.6 is 0 Å². The van der Waals surface area contributed by atoms with Crippen LogP contribution in [0.4, 0.5) is 0 Å². The van der Waals surface area contributed by atoms with E-state index in [0.717, 1.165) is 5.57 Å². The van der Waals surface area contributed by atoms with Crippen LogP contribution in [0.3, 0.4) is 0 Å². The molecule has 0 bridgehead atoms. The first-order chi connectivity index (χ1) is 8.23. The van der Waals surface area contributed by atoms with E-state index < -0.39 is 24.0 Å². The summed E-state index contributed by atoms with van der Waals surface area (Å²) in [7, 11) is 0. The predicted octanol–water partition coefficient (Wildman–Crippen LogP) is 1.32. The molecule has 2 atom stereocenters. The van der Waals surface area contributed by atoms with E-state index in [1.54, 1.807) is 6.08 Å². The molecule has 5 nitrogen and oxygen atoms in total. The van der Waals surface area contributed by atoms with Crippen LogP contribution in [0.5, 0.6) is 0 Å². The van der Waals surface area contributed by atoms with Crippen molar-refractivity contribution in [1.82, 2.24) is 5.32 Å². The number of aliphatic hydroxyl groups excluding tert-OH is 1. The van der Waals surface area contributed by atoms with E-state index >= 15 is 0 Å². The third-order valence-corrected chi connectivity index (χ3v) is 2.37. The summed E-state index contributed by atoms with van der Waals surface area (Å²) in [5, 5.41) is 20.9. The Kier molecular flexibility index (Phi) is 7.27. The van der Waals surface area contributed by atoms with Crippen LogP contribution < -0.4 is 5.32 Å². The SMILES string of the molecule is CC(C)=CC[C@@H](NC(=O)[C@@H](O)CC(C)C)C(=O)O. The Balaban J connectivity index is 4.45. The number of aliphatic hydroxyl groups is 1. The fourth-order valence-electron chi connectivity index (χ4n) is 1.40. The number of amides is 1. The summed E-state index contributed by atoms with van der Waals surface area (Å²) in [6.45, 7) is 7.48. The standard InChI is InChI=1S/C13H23NO4/c1-8(2)5-6-10(13(17)18)14-12(16)11(15)7-9(3)4/h5,9-11,15H,6-7H2,1-4H3,(H,14,16)(H,17,18)/t10-,11+/m1/s1. The molecule has 0 aliphatic carbocycles. The number of carbonyl (C=O) groups is 2. The summed E-state index contributed by atoms with van der Waals surface area (Å²) >= 11 is 0. The van der Waals surface area contributed by atoms with Gasteiger partial charge in [-0.3, -0.25) is 4.79 Å². The third-order valence-electron chi connectivity index (χ3n) is 2.37. The minimum atomic E-state index is -1.15. The van der Waals surface area contributed by atoms with Crippen molar-refractivity contribution in [3.05, 3.63) is 11.6 Å². The minimum absolute atomic E-state index is 0.173. The van der Waals surface area contributed by atoms with Gasteiger partial charge in [0, 0.05) is 0 Å². The average Bonchev–Trinajstić information content (AvgIpc) is 2.21. The number of hydrogen-bond acceptors (Lipinski definition) is 3. The fraction of sp³-hybridized carbons (Fsp3) is 0.692. The van der Waals surface area contributed by atoms with Gasteiger partial charge in [-0.2, -0.15) is 0 Å². The molecule has 0 saturated carbocycles. The van der Waals surface area contributed by atoms with Crippen molar-refractivity contribution in [2.24, 2.45) is 5.92 Å². The lowest BCUT2D eigenvalue weighted by Gasteiger charge is -2.17. The smallest absolute Gasteiger partial charge is 0.326 e. The Morgan fingerprint density at radius 2 is 1.83 bits per heavy atom. The highest BCUT2D eigenvalue weighted by Crippen LogP contribution is 2.06. The summed E-state index contributed by atoms with van der Waals surface area (Å²) < 4.78 is 0. The monoisotopic (exact) mass is 257 g/mol. The van der Waals surface area contributed by atoms with Gasteiger partial charge in [0.2, 0.25) is 5.91 Å². The molecule has 0 radical (unpaired) electrons. The maximum atomic E-state index is 11.6. The van der Waals surface area contributed by atoms with E-state index in [4.69, 9.17) is 5.11 Å². The molecule has 0 aliphatic heterocycles. The van der Waals surface area contributed by atoms with Gasteiger partial charge in [0.25, 0.3) is 0 Å². The lowest BCUT2D eigenvalue weighted by molar-refractivity contribution is -0.143. The van der Waals surface area contributed by atoms with E-state index in [9.17, 15) is 14.7 Å². The molecule has 0 saturated heterocycles. The van der Waals surface area contributed by atoms with Crippen LogP contribution in [0.15, 0.2) is 11.6 Å². The minimum Gasteiger partial charge on any atom is -0.480 e. The second-order valence-electron chi connectivity index (χ2n) is 5.06. The van der Waals surface area contributed by atoms with Gasteiger partial charge in [-0.1, -0.05) is 25.5 Å². The van der Waals surface area contributed by atoms with Crippen LogP contribution in [0.2, 0.25) is 0 Å². The van der Waals surface area contributed by atoms with Gasteiger partial charge >= 0.3 is 5.97 Å². The van der Waals surface area contributed by atoms with Crippen molar-refractivity contribution in [2.45, 2.75) is 52.7 Å². The third kappa shape index (κ3) is 7.06. The number of hydrogen-bond donors (Lipinski definition) is 3. The van der Waals surface area contributed by atoms with Gasteiger partial charge in [-0.05, 0) is 32.6 Å². The van der Waals surface area contributed by atoms with E-state index in [1.165, 1.54) is 0 Å². The lowest BCUT2D eigenvalue weighted by atomic mass is 10.0. The molecular weight excluding hydrogens is 234 g/mol. The molecule has 3 N–H and O–H groups in total. The molecule has 0 aliphatic rings. The first-order valence-electron chi connectivity index (χ1n) is 6.08. The molecule has 1 amide bonds. The zero-order chi connectivity index (χ0) is 14.3. The van der Waals surface area contributed by atoms with Crippen LogP contribution in [0.1, 0.15) is 40.5 Å². The van der Waals surface area contributed by atoms with Gasteiger partial charge in [0.1, 0.15) is 12.1 Å². The summed E-state index contributed by atoms with van der Waals surface area (Å²) in [6, 6.07) is -0.991. The lowest BCUT2D eigenvalue weighted by Crippen LogP contribution is -2.45. The van der Waals surface area contributed by atoms with E-state index in [2.05, 4.69) is 5.32 Å². The number of nitrogens with one attached hydrogen (secondary N) is 1. The molecule has 0 aromatic carbocycles. The molecule has 5 heteroatoms. The molecule has 0 unspecified atom stereocenters. The second kappa shape index (κ2) is 7.87. The molecular formula is C13H23NO4. The van der Waals surface area contributed by atoms with Crippen LogP contribution in [0.25, 0.3) is 0 Å². The summed E-state index contributed by atoms with van der Waals surface area (Å²) in [4.78, 5) is 22.6. The second-order valence-corrected chi connectivity index (χ2v) is 5.06. The topological polar surface area (TPSA) is 86.6 Å². The Labute approximate surface area is 108 Å². The van der Waals surface area contributed by atoms with Gasteiger partial charge in [-0.25, -0.2) is 4.79 Å². The van der Waals surface area contributed by atoms with Crippen molar-refractivity contribution in [2.75, 3.05) is 0 Å². The number of aliphatic carboxylic acids is 1. The number of carbonyl (C=O) groups excluding carboxylic acids is 1. The number of allylic oxidation sites excluding steroid dienone is 1. The van der Waals surface area contributed by atoms with Crippen molar-refractivity contribution in [3.63, 3.8) is 0 Å². The number of carboxylic acid groups (broad SMARTS) is 1. The van der Waals surface area contributed by atoms with E-state index in [0.29, 0.717) is 6.42 Å². The summed E-state index contributed by atoms with van der Waals surface area (Å²) in [5.74, 6) is -1.55. The molecule has 0 spiro atoms. The molecule has 0 rings (SSSR count). The highest BCUT2D eigenvalue weighted by molar-refractivity contribution is 5.86. The zero-order valence-electron chi connectivity index (χ0n) is 11.4. The first kappa shape index (κ1) is 16.6. The van der Waals surface area contributed by atoms with E-state index in [-0.39, 0.29) is 12.3 Å². The van der Waals surface area contributed by atoms with Crippen LogP contribution in [-0.4, -0.2) is 34.2 Å².